The summed E-state index contributed by atoms with van der Waals surface area (Å²) in [5.74, 6) is -2.77. The quantitative estimate of drug-likeness (QED) is 0.889. The molecule has 1 aromatic carbocycles. The van der Waals surface area contributed by atoms with E-state index in [0.29, 0.717) is 16.5 Å². The number of sulfone groups is 1. The Hall–Kier alpha value is -0.950. The summed E-state index contributed by atoms with van der Waals surface area (Å²) >= 11 is 3.26. The zero-order valence-electron chi connectivity index (χ0n) is 10.6. The van der Waals surface area contributed by atoms with Gasteiger partial charge >= 0.3 is 5.97 Å². The normalized spacial score (nSPS) is 22.6. The van der Waals surface area contributed by atoms with Crippen molar-refractivity contribution in [2.75, 3.05) is 11.5 Å². The van der Waals surface area contributed by atoms with Crippen LogP contribution in [0.15, 0.2) is 22.7 Å². The number of hydrogen-bond donors (Lipinski definition) is 1. The van der Waals surface area contributed by atoms with Crippen LogP contribution in [0.25, 0.3) is 0 Å². The summed E-state index contributed by atoms with van der Waals surface area (Å²) in [5.41, 5.74) is 0.543. The van der Waals surface area contributed by atoms with Crippen LogP contribution < -0.4 is 0 Å². The van der Waals surface area contributed by atoms with Crippen molar-refractivity contribution in [3.05, 3.63) is 34.1 Å². The van der Waals surface area contributed by atoms with E-state index in [-0.39, 0.29) is 17.9 Å². The number of carboxylic acids is 1. The minimum absolute atomic E-state index is 0.0335. The molecule has 1 fully saturated rings. The molecule has 0 saturated carbocycles. The first kappa shape index (κ1) is 15.4. The average molecular weight is 365 g/mol. The van der Waals surface area contributed by atoms with Crippen LogP contribution in [0.5, 0.6) is 0 Å². The van der Waals surface area contributed by atoms with E-state index < -0.39 is 33.5 Å². The number of rotatable bonds is 4. The number of hydrogen-bond acceptors (Lipinski definition) is 3. The molecule has 1 aliphatic heterocycles. The predicted molar refractivity (Wildman–Crippen MR) is 75.7 cm³/mol. The Morgan fingerprint density at radius 2 is 2.20 bits per heavy atom. The molecule has 2 unspecified atom stereocenters. The molecule has 0 bridgehead atoms. The van der Waals surface area contributed by atoms with Gasteiger partial charge in [0.1, 0.15) is 5.82 Å². The lowest BCUT2D eigenvalue weighted by Gasteiger charge is -2.19. The van der Waals surface area contributed by atoms with E-state index in [1.54, 1.807) is 0 Å². The van der Waals surface area contributed by atoms with Crippen LogP contribution in [-0.2, 0) is 21.1 Å². The first-order valence-electron chi connectivity index (χ1n) is 6.15. The van der Waals surface area contributed by atoms with Crippen molar-refractivity contribution in [2.24, 2.45) is 11.8 Å². The fourth-order valence-corrected chi connectivity index (χ4v) is 4.82. The molecule has 1 N–H and O–H groups in total. The maximum Gasteiger partial charge on any atom is 0.307 e. The van der Waals surface area contributed by atoms with Gasteiger partial charge in [0.25, 0.3) is 0 Å². The molecule has 1 saturated heterocycles. The Morgan fingerprint density at radius 1 is 1.50 bits per heavy atom. The largest absolute Gasteiger partial charge is 0.481 e. The lowest BCUT2D eigenvalue weighted by Crippen LogP contribution is -2.27. The first-order valence-corrected chi connectivity index (χ1v) is 8.77. The highest BCUT2D eigenvalue weighted by molar-refractivity contribution is 9.10. The van der Waals surface area contributed by atoms with E-state index in [1.807, 2.05) is 0 Å². The zero-order valence-corrected chi connectivity index (χ0v) is 13.0. The van der Waals surface area contributed by atoms with Gasteiger partial charge in [-0.3, -0.25) is 4.79 Å². The lowest BCUT2D eigenvalue weighted by molar-refractivity contribution is -0.143. The minimum Gasteiger partial charge on any atom is -0.481 e. The van der Waals surface area contributed by atoms with Gasteiger partial charge in [0.15, 0.2) is 9.84 Å². The maximum atomic E-state index is 13.2. The average Bonchev–Trinajstić information content (AvgIpc) is 2.70. The van der Waals surface area contributed by atoms with E-state index in [4.69, 9.17) is 0 Å². The first-order chi connectivity index (χ1) is 9.28. The predicted octanol–water partition coefficient (Wildman–Crippen LogP) is 2.27. The van der Waals surface area contributed by atoms with Gasteiger partial charge in [-0.05, 0) is 42.5 Å². The number of benzene rings is 1. The third-order valence-electron chi connectivity index (χ3n) is 3.60. The van der Waals surface area contributed by atoms with Crippen molar-refractivity contribution in [3.8, 4) is 0 Å². The molecule has 1 aromatic rings. The Balaban J connectivity index is 2.22. The summed E-state index contributed by atoms with van der Waals surface area (Å²) in [6.45, 7) is 0. The van der Waals surface area contributed by atoms with Crippen LogP contribution in [0, 0.1) is 17.7 Å². The minimum atomic E-state index is -3.13. The van der Waals surface area contributed by atoms with E-state index >= 15 is 0 Å². The van der Waals surface area contributed by atoms with Crippen LogP contribution >= 0.6 is 15.9 Å². The van der Waals surface area contributed by atoms with Crippen LogP contribution in [0.4, 0.5) is 4.39 Å². The molecule has 0 spiro atoms. The van der Waals surface area contributed by atoms with Gasteiger partial charge in [0.05, 0.1) is 17.4 Å². The van der Waals surface area contributed by atoms with Gasteiger partial charge < -0.3 is 5.11 Å². The van der Waals surface area contributed by atoms with Crippen molar-refractivity contribution in [1.82, 2.24) is 0 Å². The molecular formula is C13H14BrFO4S. The molecular weight excluding hydrogens is 351 g/mol. The van der Waals surface area contributed by atoms with Gasteiger partial charge in [0.2, 0.25) is 0 Å². The molecule has 1 aliphatic rings. The fourth-order valence-electron chi connectivity index (χ4n) is 2.53. The van der Waals surface area contributed by atoms with Gasteiger partial charge in [-0.2, -0.15) is 0 Å². The van der Waals surface area contributed by atoms with Crippen LogP contribution in [-0.4, -0.2) is 31.0 Å². The van der Waals surface area contributed by atoms with Crippen molar-refractivity contribution < 1.29 is 22.7 Å². The Morgan fingerprint density at radius 3 is 2.75 bits per heavy atom. The van der Waals surface area contributed by atoms with Crippen molar-refractivity contribution in [2.45, 2.75) is 12.8 Å². The van der Waals surface area contributed by atoms with Crippen molar-refractivity contribution in [1.29, 1.82) is 0 Å². The van der Waals surface area contributed by atoms with Gasteiger partial charge in [-0.15, -0.1) is 0 Å². The Kier molecular flexibility index (Phi) is 4.49. The summed E-state index contributed by atoms with van der Waals surface area (Å²) in [4.78, 5) is 11.4. The maximum absolute atomic E-state index is 13.2. The number of halogens is 2. The summed E-state index contributed by atoms with van der Waals surface area (Å²) in [5, 5.41) is 9.32. The van der Waals surface area contributed by atoms with E-state index in [0.717, 1.165) is 0 Å². The van der Waals surface area contributed by atoms with E-state index in [9.17, 15) is 22.7 Å². The molecule has 110 valence electrons. The standard InChI is InChI=1S/C13H14BrFO4S/c14-12-2-1-10(15)5-9(12)6-11(13(16)17)8-3-4-20(18,19)7-8/h1-2,5,8,11H,3-4,6-7H2,(H,16,17). The topological polar surface area (TPSA) is 71.4 Å². The van der Waals surface area contributed by atoms with Gasteiger partial charge in [0, 0.05) is 4.47 Å². The zero-order chi connectivity index (χ0) is 14.9. The second kappa shape index (κ2) is 5.81. The van der Waals surface area contributed by atoms with Crippen molar-refractivity contribution >= 4 is 31.7 Å². The summed E-state index contributed by atoms with van der Waals surface area (Å²) in [6, 6.07) is 4.09. The molecule has 2 atom stereocenters. The van der Waals surface area contributed by atoms with Crippen LogP contribution in [0.2, 0.25) is 0 Å². The summed E-state index contributed by atoms with van der Waals surface area (Å²) in [6.07, 6.45) is 0.472. The second-order valence-electron chi connectivity index (χ2n) is 5.05. The summed E-state index contributed by atoms with van der Waals surface area (Å²) in [7, 11) is -3.13. The van der Waals surface area contributed by atoms with Crippen LogP contribution in [0.3, 0.4) is 0 Å². The molecule has 2 rings (SSSR count). The highest BCUT2D eigenvalue weighted by Gasteiger charge is 2.37. The second-order valence-corrected chi connectivity index (χ2v) is 8.13. The molecule has 4 nitrogen and oxygen atoms in total. The molecule has 7 heteroatoms. The monoisotopic (exact) mass is 364 g/mol. The lowest BCUT2D eigenvalue weighted by atomic mass is 9.86. The van der Waals surface area contributed by atoms with E-state index in [2.05, 4.69) is 15.9 Å². The van der Waals surface area contributed by atoms with Gasteiger partial charge in [-0.1, -0.05) is 15.9 Å². The van der Waals surface area contributed by atoms with Crippen LogP contribution in [0.1, 0.15) is 12.0 Å². The smallest absolute Gasteiger partial charge is 0.307 e. The molecule has 20 heavy (non-hydrogen) atoms. The molecule has 0 radical (unpaired) electrons. The third-order valence-corrected chi connectivity index (χ3v) is 6.17. The molecule has 0 aliphatic carbocycles. The van der Waals surface area contributed by atoms with E-state index in [1.165, 1.54) is 18.2 Å². The third kappa shape index (κ3) is 3.58. The highest BCUT2D eigenvalue weighted by Crippen LogP contribution is 2.31. The fraction of sp³-hybridized carbons (Fsp3) is 0.462. The Bertz CT molecular complexity index is 629. The summed E-state index contributed by atoms with van der Waals surface area (Å²) < 4.78 is 36.8. The van der Waals surface area contributed by atoms with Crippen molar-refractivity contribution in [3.63, 3.8) is 0 Å². The molecule has 0 amide bonds. The highest BCUT2D eigenvalue weighted by atomic mass is 79.9. The van der Waals surface area contributed by atoms with Gasteiger partial charge in [-0.25, -0.2) is 12.8 Å². The number of carboxylic acid groups (broad SMARTS) is 1. The molecule has 0 aromatic heterocycles. The molecule has 1 heterocycles. The Labute approximate surface area is 125 Å². The number of carbonyl (C=O) groups is 1. The number of aliphatic carboxylic acids is 1. The SMILES string of the molecule is O=C(O)C(Cc1cc(F)ccc1Br)C1CCS(=O)(=O)C1.